The third-order valence-electron chi connectivity index (χ3n) is 3.87. The molecule has 0 radical (unpaired) electrons. The van der Waals surface area contributed by atoms with E-state index in [1.807, 2.05) is 35.2 Å². The molecule has 0 aliphatic carbocycles. The van der Waals surface area contributed by atoms with Gasteiger partial charge in [0.15, 0.2) is 0 Å². The minimum absolute atomic E-state index is 0.0872. The number of ether oxygens (including phenoxy) is 1. The Kier molecular flexibility index (Phi) is 6.05. The first kappa shape index (κ1) is 20.2. The maximum Gasteiger partial charge on any atom is 0.338 e. The molecule has 0 saturated carbocycles. The number of nitrogens with zero attached hydrogens (tertiary/aromatic N) is 1. The Labute approximate surface area is 167 Å². The van der Waals surface area contributed by atoms with Crippen LogP contribution < -0.4 is 10.3 Å². The Bertz CT molecular complexity index is 1110. The zero-order valence-electron chi connectivity index (χ0n) is 15.4. The maximum atomic E-state index is 12.3. The van der Waals surface area contributed by atoms with Crippen molar-refractivity contribution in [2.45, 2.75) is 11.8 Å². The van der Waals surface area contributed by atoms with Gasteiger partial charge in [-0.15, -0.1) is 4.83 Å². The van der Waals surface area contributed by atoms with Gasteiger partial charge in [0.25, 0.3) is 15.9 Å². The molecule has 150 valence electrons. The van der Waals surface area contributed by atoms with Crippen molar-refractivity contribution in [1.29, 1.82) is 0 Å². The molecule has 29 heavy (non-hydrogen) atoms. The van der Waals surface area contributed by atoms with Gasteiger partial charge >= 0.3 is 5.97 Å². The topological polar surface area (TPSA) is 130 Å². The second-order valence-electron chi connectivity index (χ2n) is 5.84. The van der Waals surface area contributed by atoms with Gasteiger partial charge < -0.3 is 4.74 Å². The Morgan fingerprint density at radius 3 is 2.41 bits per heavy atom. The number of sulfonamides is 1. The van der Waals surface area contributed by atoms with Crippen molar-refractivity contribution < 1.29 is 22.7 Å². The number of aromatic nitrogens is 2. The SMILES string of the molecule is CCOC(=O)c1ccc(S(=O)(=O)NNC(=O)c2cc(-c3ccccc3)n[nH]2)cc1. The quantitative estimate of drug-likeness (QED) is 0.400. The van der Waals surface area contributed by atoms with Crippen LogP contribution in [-0.4, -0.2) is 37.1 Å². The van der Waals surface area contributed by atoms with Gasteiger partial charge in [-0.2, -0.15) is 5.10 Å². The second-order valence-corrected chi connectivity index (χ2v) is 7.52. The summed E-state index contributed by atoms with van der Waals surface area (Å²) in [5.74, 6) is -1.25. The minimum Gasteiger partial charge on any atom is -0.462 e. The summed E-state index contributed by atoms with van der Waals surface area (Å²) in [6.45, 7) is 1.89. The third-order valence-corrected chi connectivity index (χ3v) is 5.13. The van der Waals surface area contributed by atoms with E-state index < -0.39 is 21.9 Å². The zero-order chi connectivity index (χ0) is 20.9. The number of carbonyl (C=O) groups is 2. The van der Waals surface area contributed by atoms with Gasteiger partial charge in [-0.1, -0.05) is 30.3 Å². The number of hydrazine groups is 1. The summed E-state index contributed by atoms with van der Waals surface area (Å²) in [7, 11) is -4.03. The molecule has 0 unspecified atom stereocenters. The molecule has 0 aliphatic heterocycles. The van der Waals surface area contributed by atoms with Crippen LogP contribution in [0.3, 0.4) is 0 Å². The first-order valence-electron chi connectivity index (χ1n) is 8.61. The number of nitrogens with one attached hydrogen (secondary N) is 3. The van der Waals surface area contributed by atoms with Crippen molar-refractivity contribution in [1.82, 2.24) is 20.5 Å². The van der Waals surface area contributed by atoms with E-state index in [1.165, 1.54) is 30.3 Å². The van der Waals surface area contributed by atoms with Gasteiger partial charge in [-0.3, -0.25) is 15.3 Å². The minimum atomic E-state index is -4.03. The van der Waals surface area contributed by atoms with E-state index in [0.717, 1.165) is 5.56 Å². The lowest BCUT2D eigenvalue weighted by molar-refractivity contribution is 0.0526. The summed E-state index contributed by atoms with van der Waals surface area (Å²) in [5.41, 5.74) is 3.79. The number of esters is 1. The highest BCUT2D eigenvalue weighted by atomic mass is 32.2. The van der Waals surface area contributed by atoms with Crippen LogP contribution >= 0.6 is 0 Å². The van der Waals surface area contributed by atoms with Gasteiger partial charge in [-0.05, 0) is 37.3 Å². The van der Waals surface area contributed by atoms with E-state index in [0.29, 0.717) is 5.69 Å². The van der Waals surface area contributed by atoms with E-state index in [-0.39, 0.29) is 22.8 Å². The summed E-state index contributed by atoms with van der Waals surface area (Å²) in [6.07, 6.45) is 0. The average molecular weight is 414 g/mol. The van der Waals surface area contributed by atoms with E-state index in [9.17, 15) is 18.0 Å². The monoisotopic (exact) mass is 414 g/mol. The average Bonchev–Trinajstić information content (AvgIpc) is 3.23. The lowest BCUT2D eigenvalue weighted by atomic mass is 10.1. The van der Waals surface area contributed by atoms with Gasteiger partial charge in [0.1, 0.15) is 5.69 Å². The third kappa shape index (κ3) is 4.86. The molecule has 3 rings (SSSR count). The fraction of sp³-hybridized carbons (Fsp3) is 0.105. The molecule has 0 aliphatic rings. The molecule has 3 aromatic rings. The lowest BCUT2D eigenvalue weighted by Crippen LogP contribution is -2.41. The van der Waals surface area contributed by atoms with Gasteiger partial charge in [0.2, 0.25) is 0 Å². The molecule has 1 heterocycles. The van der Waals surface area contributed by atoms with Gasteiger partial charge in [0.05, 0.1) is 22.8 Å². The van der Waals surface area contributed by atoms with Crippen LogP contribution in [0.1, 0.15) is 27.8 Å². The molecule has 9 nitrogen and oxygen atoms in total. The highest BCUT2D eigenvalue weighted by Gasteiger charge is 2.18. The van der Waals surface area contributed by atoms with Crippen LogP contribution in [0.2, 0.25) is 0 Å². The maximum absolute atomic E-state index is 12.3. The molecule has 0 fully saturated rings. The first-order valence-corrected chi connectivity index (χ1v) is 10.1. The first-order chi connectivity index (χ1) is 13.9. The van der Waals surface area contributed by atoms with Crippen molar-refractivity contribution in [2.24, 2.45) is 0 Å². The number of carbonyl (C=O) groups excluding carboxylic acids is 2. The standard InChI is InChI=1S/C19H18N4O5S/c1-2-28-19(25)14-8-10-15(11-9-14)29(26,27)23-22-18(24)17-12-16(20-21-17)13-6-4-3-5-7-13/h3-12,23H,2H2,1H3,(H,20,21)(H,22,24). The van der Waals surface area contributed by atoms with E-state index in [2.05, 4.69) is 15.6 Å². The van der Waals surface area contributed by atoms with Gasteiger partial charge in [-0.25, -0.2) is 13.2 Å². The highest BCUT2D eigenvalue weighted by molar-refractivity contribution is 7.89. The molecule has 0 bridgehead atoms. The fourth-order valence-corrected chi connectivity index (χ4v) is 3.26. The summed E-state index contributed by atoms with van der Waals surface area (Å²) in [5, 5.41) is 6.61. The molecular formula is C19H18N4O5S. The number of amides is 1. The smallest absolute Gasteiger partial charge is 0.338 e. The van der Waals surface area contributed by atoms with E-state index in [1.54, 1.807) is 6.92 Å². The van der Waals surface area contributed by atoms with Crippen molar-refractivity contribution >= 4 is 21.9 Å². The number of aromatic amines is 1. The normalized spacial score (nSPS) is 11.1. The molecule has 3 N–H and O–H groups in total. The predicted octanol–water partition coefficient (Wildman–Crippen LogP) is 1.88. The van der Waals surface area contributed by atoms with Crippen LogP contribution in [0.15, 0.2) is 65.6 Å². The summed E-state index contributed by atoms with van der Waals surface area (Å²) in [4.78, 5) is 25.7. The van der Waals surface area contributed by atoms with Crippen molar-refractivity contribution in [2.75, 3.05) is 6.61 Å². The Morgan fingerprint density at radius 1 is 1.07 bits per heavy atom. The van der Waals surface area contributed by atoms with Crippen LogP contribution in [0, 0.1) is 0 Å². The molecular weight excluding hydrogens is 396 g/mol. The molecule has 1 amide bonds. The van der Waals surface area contributed by atoms with Crippen LogP contribution in [0.25, 0.3) is 11.3 Å². The van der Waals surface area contributed by atoms with Crippen LogP contribution in [-0.2, 0) is 14.8 Å². The molecule has 0 saturated heterocycles. The van der Waals surface area contributed by atoms with Gasteiger partial charge in [0, 0.05) is 5.56 Å². The summed E-state index contributed by atoms with van der Waals surface area (Å²) >= 11 is 0. The largest absolute Gasteiger partial charge is 0.462 e. The Balaban J connectivity index is 1.65. The predicted molar refractivity (Wildman–Crippen MR) is 104 cm³/mol. The number of rotatable bonds is 7. The second kappa shape index (κ2) is 8.67. The Hall–Kier alpha value is -3.50. The lowest BCUT2D eigenvalue weighted by Gasteiger charge is -2.08. The van der Waals surface area contributed by atoms with Crippen molar-refractivity contribution in [3.8, 4) is 11.3 Å². The number of hydrogen-bond acceptors (Lipinski definition) is 6. The molecule has 10 heteroatoms. The molecule has 0 spiro atoms. The highest BCUT2D eigenvalue weighted by Crippen LogP contribution is 2.17. The van der Waals surface area contributed by atoms with Crippen molar-refractivity contribution in [3.05, 3.63) is 71.9 Å². The fourth-order valence-electron chi connectivity index (χ4n) is 2.42. The number of H-pyrrole nitrogens is 1. The summed E-state index contributed by atoms with van der Waals surface area (Å²) in [6, 6.07) is 15.8. The Morgan fingerprint density at radius 2 is 1.76 bits per heavy atom. The molecule has 0 atom stereocenters. The van der Waals surface area contributed by atoms with E-state index in [4.69, 9.17) is 4.74 Å². The van der Waals surface area contributed by atoms with E-state index >= 15 is 0 Å². The molecule has 2 aromatic carbocycles. The molecule has 1 aromatic heterocycles. The van der Waals surface area contributed by atoms with Crippen LogP contribution in [0.5, 0.6) is 0 Å². The van der Waals surface area contributed by atoms with Crippen LogP contribution in [0.4, 0.5) is 0 Å². The zero-order valence-corrected chi connectivity index (χ0v) is 16.2. The number of benzene rings is 2. The summed E-state index contributed by atoms with van der Waals surface area (Å²) < 4.78 is 29.5. The van der Waals surface area contributed by atoms with Crippen molar-refractivity contribution in [3.63, 3.8) is 0 Å². The number of hydrogen-bond donors (Lipinski definition) is 3.